The molecular formula is C19H19NO2. The fourth-order valence-corrected chi connectivity index (χ4v) is 3.05. The molecule has 3 aromatic rings. The molecule has 22 heavy (non-hydrogen) atoms. The van der Waals surface area contributed by atoms with Gasteiger partial charge in [0.2, 0.25) is 0 Å². The van der Waals surface area contributed by atoms with Gasteiger partial charge in [-0.15, -0.1) is 0 Å². The van der Waals surface area contributed by atoms with Crippen molar-refractivity contribution in [2.24, 2.45) is 0 Å². The van der Waals surface area contributed by atoms with E-state index in [-0.39, 0.29) is 5.63 Å². The number of anilines is 1. The lowest BCUT2D eigenvalue weighted by atomic mass is 9.93. The molecule has 0 saturated heterocycles. The topological polar surface area (TPSA) is 56.2 Å². The van der Waals surface area contributed by atoms with E-state index in [0.29, 0.717) is 16.8 Å². The van der Waals surface area contributed by atoms with Gasteiger partial charge in [0.1, 0.15) is 5.58 Å². The van der Waals surface area contributed by atoms with Crippen LogP contribution in [0.2, 0.25) is 0 Å². The molecule has 1 heterocycles. The largest absolute Gasteiger partial charge is 0.422 e. The number of fused-ring (bicyclic) bond motifs is 1. The first-order chi connectivity index (χ1) is 10.7. The zero-order valence-electron chi connectivity index (χ0n) is 12.8. The Morgan fingerprint density at radius 3 is 2.41 bits per heavy atom. The highest BCUT2D eigenvalue weighted by molar-refractivity contribution is 5.91. The molecule has 0 radical (unpaired) electrons. The van der Waals surface area contributed by atoms with Crippen molar-refractivity contribution in [2.75, 3.05) is 5.73 Å². The minimum atomic E-state index is -0.303. The van der Waals surface area contributed by atoms with Crippen LogP contribution >= 0.6 is 0 Å². The van der Waals surface area contributed by atoms with Gasteiger partial charge in [-0.2, -0.15) is 0 Å². The summed E-state index contributed by atoms with van der Waals surface area (Å²) >= 11 is 0. The SMILES string of the molecule is CCc1cc(N)cc2oc(=O)c(-c3ccccc3)c(CC)c12. The van der Waals surface area contributed by atoms with Crippen molar-refractivity contribution in [1.29, 1.82) is 0 Å². The molecule has 2 N–H and O–H groups in total. The van der Waals surface area contributed by atoms with Crippen LogP contribution in [0.25, 0.3) is 22.1 Å². The van der Waals surface area contributed by atoms with Gasteiger partial charge in [0.05, 0.1) is 5.56 Å². The second-order valence-electron chi connectivity index (χ2n) is 5.37. The molecule has 3 nitrogen and oxygen atoms in total. The zero-order chi connectivity index (χ0) is 15.7. The van der Waals surface area contributed by atoms with Crippen LogP contribution in [0.1, 0.15) is 25.0 Å². The molecule has 0 aliphatic carbocycles. The first-order valence-electron chi connectivity index (χ1n) is 7.59. The summed E-state index contributed by atoms with van der Waals surface area (Å²) < 4.78 is 5.58. The van der Waals surface area contributed by atoms with Crippen LogP contribution in [0.15, 0.2) is 51.7 Å². The Bertz CT molecular complexity index is 879. The van der Waals surface area contributed by atoms with Gasteiger partial charge in [0.25, 0.3) is 0 Å². The summed E-state index contributed by atoms with van der Waals surface area (Å²) in [6.45, 7) is 4.15. The fraction of sp³-hybridized carbons (Fsp3) is 0.211. The molecule has 0 fully saturated rings. The highest BCUT2D eigenvalue weighted by atomic mass is 16.4. The second-order valence-corrected chi connectivity index (χ2v) is 5.37. The van der Waals surface area contributed by atoms with Crippen molar-refractivity contribution in [3.63, 3.8) is 0 Å². The molecule has 2 aromatic carbocycles. The molecule has 3 rings (SSSR count). The molecule has 0 unspecified atom stereocenters. The zero-order valence-corrected chi connectivity index (χ0v) is 12.8. The Labute approximate surface area is 129 Å². The van der Waals surface area contributed by atoms with E-state index in [1.54, 1.807) is 6.07 Å². The van der Waals surface area contributed by atoms with E-state index in [4.69, 9.17) is 10.2 Å². The summed E-state index contributed by atoms with van der Waals surface area (Å²) in [5, 5.41) is 1.03. The molecule has 0 saturated carbocycles. The van der Waals surface area contributed by atoms with Gasteiger partial charge in [-0.3, -0.25) is 0 Å². The number of hydrogen-bond acceptors (Lipinski definition) is 3. The average molecular weight is 293 g/mol. The molecule has 0 aliphatic rings. The molecule has 0 bridgehead atoms. The van der Waals surface area contributed by atoms with Gasteiger partial charge >= 0.3 is 5.63 Å². The minimum absolute atomic E-state index is 0.303. The summed E-state index contributed by atoms with van der Waals surface area (Å²) in [4.78, 5) is 12.5. The lowest BCUT2D eigenvalue weighted by molar-refractivity contribution is 0.561. The summed E-state index contributed by atoms with van der Waals surface area (Å²) in [5.41, 5.74) is 10.5. The van der Waals surface area contributed by atoms with Crippen molar-refractivity contribution in [2.45, 2.75) is 26.7 Å². The first-order valence-corrected chi connectivity index (χ1v) is 7.59. The Morgan fingerprint density at radius 1 is 1.05 bits per heavy atom. The Morgan fingerprint density at radius 2 is 1.77 bits per heavy atom. The van der Waals surface area contributed by atoms with Crippen molar-refractivity contribution in [3.05, 3.63) is 64.0 Å². The molecule has 112 valence electrons. The van der Waals surface area contributed by atoms with E-state index < -0.39 is 0 Å². The van der Waals surface area contributed by atoms with E-state index in [1.165, 1.54) is 0 Å². The van der Waals surface area contributed by atoms with Crippen molar-refractivity contribution < 1.29 is 4.42 Å². The molecule has 3 heteroatoms. The Balaban J connectivity index is 2.47. The first kappa shape index (κ1) is 14.4. The molecule has 0 atom stereocenters. The van der Waals surface area contributed by atoms with Gasteiger partial charge in [-0.05, 0) is 35.6 Å². The third-order valence-corrected chi connectivity index (χ3v) is 4.01. The normalized spacial score (nSPS) is 11.0. The van der Waals surface area contributed by atoms with Crippen molar-refractivity contribution >= 4 is 16.7 Å². The number of rotatable bonds is 3. The van der Waals surface area contributed by atoms with Gasteiger partial charge in [-0.25, -0.2) is 4.79 Å². The second kappa shape index (κ2) is 5.68. The third kappa shape index (κ3) is 2.29. The van der Waals surface area contributed by atoms with Crippen LogP contribution in [-0.2, 0) is 12.8 Å². The number of hydrogen-bond donors (Lipinski definition) is 1. The number of nitrogen functional groups attached to an aromatic ring is 1. The van der Waals surface area contributed by atoms with Gasteiger partial charge in [0, 0.05) is 17.1 Å². The van der Waals surface area contributed by atoms with Crippen molar-refractivity contribution in [3.8, 4) is 11.1 Å². The monoisotopic (exact) mass is 293 g/mol. The molecule has 0 amide bonds. The smallest absolute Gasteiger partial charge is 0.344 e. The summed E-state index contributed by atoms with van der Waals surface area (Å²) in [7, 11) is 0. The van der Waals surface area contributed by atoms with E-state index >= 15 is 0 Å². The highest BCUT2D eigenvalue weighted by Crippen LogP contribution is 2.31. The maximum absolute atomic E-state index is 12.5. The van der Waals surface area contributed by atoms with E-state index in [9.17, 15) is 4.79 Å². The summed E-state index contributed by atoms with van der Waals surface area (Å²) in [5.74, 6) is 0. The van der Waals surface area contributed by atoms with Crippen LogP contribution in [-0.4, -0.2) is 0 Å². The van der Waals surface area contributed by atoms with Crippen LogP contribution in [0.5, 0.6) is 0 Å². The van der Waals surface area contributed by atoms with Crippen LogP contribution < -0.4 is 11.4 Å². The lowest BCUT2D eigenvalue weighted by Crippen LogP contribution is -2.09. The van der Waals surface area contributed by atoms with Crippen LogP contribution in [0.4, 0.5) is 5.69 Å². The Hall–Kier alpha value is -2.55. The number of aryl methyl sites for hydroxylation is 2. The Kier molecular flexibility index (Phi) is 3.72. The van der Waals surface area contributed by atoms with Gasteiger partial charge in [-0.1, -0.05) is 44.2 Å². The lowest BCUT2D eigenvalue weighted by Gasteiger charge is -2.13. The standard InChI is InChI=1S/C19H19NO2/c1-3-12-10-14(20)11-16-17(12)15(4-2)18(19(21)22-16)13-8-6-5-7-9-13/h5-11H,3-4,20H2,1-2H3. The van der Waals surface area contributed by atoms with Crippen molar-refractivity contribution in [1.82, 2.24) is 0 Å². The third-order valence-electron chi connectivity index (χ3n) is 4.01. The van der Waals surface area contributed by atoms with Crippen LogP contribution in [0, 0.1) is 0 Å². The van der Waals surface area contributed by atoms with Gasteiger partial charge in [0.15, 0.2) is 0 Å². The highest BCUT2D eigenvalue weighted by Gasteiger charge is 2.17. The molecule has 1 aromatic heterocycles. The van der Waals surface area contributed by atoms with E-state index in [0.717, 1.165) is 34.9 Å². The molecule has 0 spiro atoms. The maximum Gasteiger partial charge on any atom is 0.344 e. The quantitative estimate of drug-likeness (QED) is 0.582. The predicted octanol–water partition coefficient (Wildman–Crippen LogP) is 4.17. The fourth-order valence-electron chi connectivity index (χ4n) is 3.05. The van der Waals surface area contributed by atoms with E-state index in [2.05, 4.69) is 13.8 Å². The van der Waals surface area contributed by atoms with Crippen LogP contribution in [0.3, 0.4) is 0 Å². The van der Waals surface area contributed by atoms with Gasteiger partial charge < -0.3 is 10.2 Å². The maximum atomic E-state index is 12.5. The number of nitrogens with two attached hydrogens (primary N) is 1. The molecule has 0 aliphatic heterocycles. The summed E-state index contributed by atoms with van der Waals surface area (Å²) in [6, 6.07) is 13.4. The predicted molar refractivity (Wildman–Crippen MR) is 91.1 cm³/mol. The molecular weight excluding hydrogens is 274 g/mol. The minimum Gasteiger partial charge on any atom is -0.422 e. The van der Waals surface area contributed by atoms with E-state index in [1.807, 2.05) is 36.4 Å². The number of benzene rings is 2. The summed E-state index contributed by atoms with van der Waals surface area (Å²) in [6.07, 6.45) is 1.61. The average Bonchev–Trinajstić information content (AvgIpc) is 2.53.